The molecule has 1 aromatic heterocycles. The normalized spacial score (nSPS) is 11.6. The molecule has 0 saturated carbocycles. The molecule has 1 unspecified atom stereocenters. The Morgan fingerprint density at radius 2 is 1.79 bits per heavy atom. The van der Waals surface area contributed by atoms with Crippen molar-refractivity contribution in [2.45, 2.75) is 6.04 Å². The van der Waals surface area contributed by atoms with Crippen molar-refractivity contribution in [3.05, 3.63) is 71.8 Å². The summed E-state index contributed by atoms with van der Waals surface area (Å²) in [6.45, 7) is 0. The number of para-hydroxylation sites is 1. The number of aryl methyl sites for hydroxylation is 1. The molecule has 0 aliphatic carbocycles. The Morgan fingerprint density at radius 3 is 2.36 bits per heavy atom. The minimum absolute atomic E-state index is 0.292. The predicted molar refractivity (Wildman–Crippen MR) is 105 cm³/mol. The number of hydrogen-bond donors (Lipinski definition) is 1. The molecule has 3 aromatic rings. The third-order valence-corrected chi connectivity index (χ3v) is 4.49. The van der Waals surface area contributed by atoms with Gasteiger partial charge in [-0.1, -0.05) is 18.2 Å². The Morgan fingerprint density at radius 1 is 1.04 bits per heavy atom. The lowest BCUT2D eigenvalue weighted by molar-refractivity contribution is 0.0937. The van der Waals surface area contributed by atoms with Gasteiger partial charge in [0.15, 0.2) is 11.5 Å². The molecule has 7 heteroatoms. The topological polar surface area (TPSA) is 74.6 Å². The van der Waals surface area contributed by atoms with Gasteiger partial charge in [-0.3, -0.25) is 4.79 Å². The maximum atomic E-state index is 13.1. The van der Waals surface area contributed by atoms with Crippen LogP contribution in [0.25, 0.3) is 0 Å². The van der Waals surface area contributed by atoms with E-state index < -0.39 is 6.04 Å². The van der Waals surface area contributed by atoms with E-state index >= 15 is 0 Å². The molecule has 0 bridgehead atoms. The van der Waals surface area contributed by atoms with E-state index in [1.807, 2.05) is 42.1 Å². The van der Waals surface area contributed by atoms with Crippen LogP contribution >= 0.6 is 0 Å². The number of carbonyl (C=O) groups excluding carboxylic acids is 1. The molecule has 1 N–H and O–H groups in total. The summed E-state index contributed by atoms with van der Waals surface area (Å²) in [7, 11) is 6.54. The van der Waals surface area contributed by atoms with Crippen LogP contribution in [0.5, 0.6) is 17.2 Å². The first kappa shape index (κ1) is 19.3. The number of nitrogens with one attached hydrogen (secondary N) is 1. The van der Waals surface area contributed by atoms with Crippen LogP contribution < -0.4 is 19.5 Å². The van der Waals surface area contributed by atoms with Crippen LogP contribution in [-0.2, 0) is 7.05 Å². The number of amides is 1. The third kappa shape index (κ3) is 3.78. The number of aromatic nitrogens is 2. The van der Waals surface area contributed by atoms with E-state index in [9.17, 15) is 4.79 Å². The van der Waals surface area contributed by atoms with Crippen molar-refractivity contribution < 1.29 is 19.0 Å². The summed E-state index contributed by atoms with van der Waals surface area (Å²) >= 11 is 0. The van der Waals surface area contributed by atoms with Crippen LogP contribution in [0.4, 0.5) is 0 Å². The first-order chi connectivity index (χ1) is 13.6. The lowest BCUT2D eigenvalue weighted by Crippen LogP contribution is -2.31. The van der Waals surface area contributed by atoms with E-state index in [1.165, 1.54) is 14.2 Å². The largest absolute Gasteiger partial charge is 0.497 e. The van der Waals surface area contributed by atoms with E-state index in [0.29, 0.717) is 22.9 Å². The summed E-state index contributed by atoms with van der Waals surface area (Å²) in [6.07, 6.45) is 3.54. The maximum Gasteiger partial charge on any atom is 0.256 e. The predicted octanol–water partition coefficient (Wildman–Crippen LogP) is 2.97. The molecule has 0 aliphatic rings. The molecule has 28 heavy (non-hydrogen) atoms. The number of rotatable bonds is 7. The van der Waals surface area contributed by atoms with Gasteiger partial charge in [0.05, 0.1) is 26.9 Å². The minimum Gasteiger partial charge on any atom is -0.497 e. The van der Waals surface area contributed by atoms with Gasteiger partial charge < -0.3 is 24.1 Å². The number of benzene rings is 2. The highest BCUT2D eigenvalue weighted by atomic mass is 16.5. The van der Waals surface area contributed by atoms with E-state index in [2.05, 4.69) is 10.3 Å². The van der Waals surface area contributed by atoms with Crippen LogP contribution in [0, 0.1) is 0 Å². The smallest absolute Gasteiger partial charge is 0.256 e. The summed E-state index contributed by atoms with van der Waals surface area (Å²) in [5.41, 5.74) is 1.26. The summed E-state index contributed by atoms with van der Waals surface area (Å²) in [6, 6.07) is 12.2. The van der Waals surface area contributed by atoms with Crippen LogP contribution in [0.15, 0.2) is 54.9 Å². The zero-order chi connectivity index (χ0) is 20.1. The van der Waals surface area contributed by atoms with E-state index in [1.54, 1.807) is 31.5 Å². The van der Waals surface area contributed by atoms with Gasteiger partial charge in [0, 0.05) is 19.4 Å². The van der Waals surface area contributed by atoms with Crippen molar-refractivity contribution in [3.63, 3.8) is 0 Å². The molecule has 2 aromatic carbocycles. The Labute approximate surface area is 163 Å². The summed E-state index contributed by atoms with van der Waals surface area (Å²) in [5, 5.41) is 3.06. The average molecular weight is 381 g/mol. The quantitative estimate of drug-likeness (QED) is 0.681. The zero-order valence-corrected chi connectivity index (χ0v) is 16.3. The molecule has 1 amide bonds. The van der Waals surface area contributed by atoms with Crippen molar-refractivity contribution in [1.82, 2.24) is 14.9 Å². The minimum atomic E-state index is -0.450. The van der Waals surface area contributed by atoms with Crippen molar-refractivity contribution in [3.8, 4) is 17.2 Å². The molecule has 0 spiro atoms. The van der Waals surface area contributed by atoms with Crippen LogP contribution in [0.3, 0.4) is 0 Å². The number of carbonyl (C=O) groups is 1. The van der Waals surface area contributed by atoms with Gasteiger partial charge in [0.1, 0.15) is 17.6 Å². The van der Waals surface area contributed by atoms with Gasteiger partial charge >= 0.3 is 0 Å². The Balaban J connectivity index is 1.98. The lowest BCUT2D eigenvalue weighted by Gasteiger charge is -2.20. The Hall–Kier alpha value is -3.48. The highest BCUT2D eigenvalue weighted by Crippen LogP contribution is 2.31. The highest BCUT2D eigenvalue weighted by Gasteiger charge is 2.24. The molecular weight excluding hydrogens is 358 g/mol. The molecule has 0 fully saturated rings. The van der Waals surface area contributed by atoms with Crippen molar-refractivity contribution in [2.75, 3.05) is 21.3 Å². The molecule has 3 rings (SSSR count). The summed E-state index contributed by atoms with van der Waals surface area (Å²) in [4.78, 5) is 17.5. The zero-order valence-electron chi connectivity index (χ0n) is 16.3. The lowest BCUT2D eigenvalue weighted by atomic mass is 10.0. The van der Waals surface area contributed by atoms with Crippen molar-refractivity contribution >= 4 is 5.91 Å². The van der Waals surface area contributed by atoms with Crippen LogP contribution in [0.1, 0.15) is 27.8 Å². The molecule has 1 heterocycles. The SMILES string of the molecule is COc1ccc(C(NC(=O)c2cccc(OC)c2OC)c2nccn2C)cc1. The first-order valence-electron chi connectivity index (χ1n) is 8.72. The second-order valence-electron chi connectivity index (χ2n) is 6.12. The number of methoxy groups -OCH3 is 3. The second-order valence-corrected chi connectivity index (χ2v) is 6.12. The van der Waals surface area contributed by atoms with Crippen molar-refractivity contribution in [2.24, 2.45) is 7.05 Å². The van der Waals surface area contributed by atoms with Gasteiger partial charge in [-0.05, 0) is 29.8 Å². The summed E-state index contributed by atoms with van der Waals surface area (Å²) in [5.74, 6) is 2.03. The van der Waals surface area contributed by atoms with Crippen molar-refractivity contribution in [1.29, 1.82) is 0 Å². The van der Waals surface area contributed by atoms with Gasteiger partial charge in [0.25, 0.3) is 5.91 Å². The fraction of sp³-hybridized carbons (Fsp3) is 0.238. The van der Waals surface area contributed by atoms with E-state index in [0.717, 1.165) is 11.3 Å². The first-order valence-corrected chi connectivity index (χ1v) is 8.72. The fourth-order valence-corrected chi connectivity index (χ4v) is 3.02. The second kappa shape index (κ2) is 8.47. The average Bonchev–Trinajstić information content (AvgIpc) is 3.16. The third-order valence-electron chi connectivity index (χ3n) is 4.49. The number of imidazole rings is 1. The molecule has 0 radical (unpaired) electrons. The standard InChI is InChI=1S/C21H23N3O4/c1-24-13-12-22-20(24)18(14-8-10-15(26-2)11-9-14)23-21(25)16-6-5-7-17(27-3)19(16)28-4/h5-13,18H,1-4H3,(H,23,25). The molecule has 1 atom stereocenters. The van der Waals surface area contributed by atoms with E-state index in [4.69, 9.17) is 14.2 Å². The summed E-state index contributed by atoms with van der Waals surface area (Å²) < 4.78 is 17.8. The number of ether oxygens (including phenoxy) is 3. The Kier molecular flexibility index (Phi) is 5.84. The van der Waals surface area contributed by atoms with Crippen LogP contribution in [0.2, 0.25) is 0 Å². The van der Waals surface area contributed by atoms with Crippen LogP contribution in [-0.4, -0.2) is 36.8 Å². The molecule has 0 aliphatic heterocycles. The molecule has 146 valence electrons. The molecule has 0 saturated heterocycles. The monoisotopic (exact) mass is 381 g/mol. The molecule has 7 nitrogen and oxygen atoms in total. The maximum absolute atomic E-state index is 13.1. The Bertz CT molecular complexity index is 951. The number of hydrogen-bond acceptors (Lipinski definition) is 5. The highest BCUT2D eigenvalue weighted by molar-refractivity contribution is 5.98. The number of nitrogens with zero attached hydrogens (tertiary/aromatic N) is 2. The van der Waals surface area contributed by atoms with Gasteiger partial charge in [-0.15, -0.1) is 0 Å². The van der Waals surface area contributed by atoms with Gasteiger partial charge in [-0.25, -0.2) is 4.98 Å². The van der Waals surface area contributed by atoms with E-state index in [-0.39, 0.29) is 5.91 Å². The van der Waals surface area contributed by atoms with Gasteiger partial charge in [-0.2, -0.15) is 0 Å². The van der Waals surface area contributed by atoms with Gasteiger partial charge in [0.2, 0.25) is 0 Å². The molecular formula is C21H23N3O4. The fourth-order valence-electron chi connectivity index (χ4n) is 3.02.